The van der Waals surface area contributed by atoms with Crippen LogP contribution in [0.3, 0.4) is 0 Å². The van der Waals surface area contributed by atoms with E-state index in [1.807, 2.05) is 35.2 Å². The third-order valence-electron chi connectivity index (χ3n) is 7.85. The molecule has 1 unspecified atom stereocenters. The lowest BCUT2D eigenvalue weighted by Gasteiger charge is -2.39. The van der Waals surface area contributed by atoms with Gasteiger partial charge in [0.05, 0.1) is 50.0 Å². The summed E-state index contributed by atoms with van der Waals surface area (Å²) < 4.78 is 17.4. The minimum atomic E-state index is -0.310. The summed E-state index contributed by atoms with van der Waals surface area (Å²) in [6.07, 6.45) is 3.20. The Balaban J connectivity index is 1.37. The predicted molar refractivity (Wildman–Crippen MR) is 164 cm³/mol. The lowest BCUT2D eigenvalue weighted by Crippen LogP contribution is -2.51. The standard InChI is InChI=1S/C31H38N6O6/c1-4-43-30(39)22-9-8-14-36(21-22)28-26(20-32-37(29(28)38)23-10-6-5-7-11-23)34-15-17-35(18-16-34)31(40)33-25-13-12-24(41-2)19-27(25)42-3/h5-7,10-13,19-20,22H,4,8-9,14-18,21H2,1-3H3,(H,33,40). The van der Waals surface area contributed by atoms with Crippen LogP contribution < -0.4 is 30.1 Å². The molecule has 5 rings (SSSR count). The molecule has 3 aromatic rings. The van der Waals surface area contributed by atoms with Crippen molar-refractivity contribution >= 4 is 29.1 Å². The van der Waals surface area contributed by atoms with Crippen LogP contribution >= 0.6 is 0 Å². The Morgan fingerprint density at radius 3 is 2.44 bits per heavy atom. The Labute approximate surface area is 250 Å². The predicted octanol–water partition coefficient (Wildman–Crippen LogP) is 3.38. The van der Waals surface area contributed by atoms with Crippen molar-refractivity contribution in [3.8, 4) is 17.2 Å². The number of esters is 1. The zero-order valence-electron chi connectivity index (χ0n) is 24.8. The molecule has 12 nitrogen and oxygen atoms in total. The van der Waals surface area contributed by atoms with Gasteiger partial charge >= 0.3 is 12.0 Å². The molecule has 1 aromatic heterocycles. The summed E-state index contributed by atoms with van der Waals surface area (Å²) in [5.74, 6) is 0.585. The van der Waals surface area contributed by atoms with Gasteiger partial charge in [0.15, 0.2) is 0 Å². The van der Waals surface area contributed by atoms with E-state index in [1.165, 1.54) is 11.8 Å². The van der Waals surface area contributed by atoms with E-state index in [2.05, 4.69) is 15.3 Å². The number of aromatic nitrogens is 2. The van der Waals surface area contributed by atoms with E-state index in [1.54, 1.807) is 43.3 Å². The molecule has 2 aromatic carbocycles. The van der Waals surface area contributed by atoms with Crippen LogP contribution in [-0.2, 0) is 9.53 Å². The normalized spacial score (nSPS) is 16.9. The van der Waals surface area contributed by atoms with Crippen molar-refractivity contribution in [2.24, 2.45) is 5.92 Å². The fraction of sp³-hybridized carbons (Fsp3) is 0.419. The summed E-state index contributed by atoms with van der Waals surface area (Å²) in [4.78, 5) is 45.6. The Morgan fingerprint density at radius 1 is 0.977 bits per heavy atom. The summed E-state index contributed by atoms with van der Waals surface area (Å²) in [5.41, 5.74) is 2.16. The van der Waals surface area contributed by atoms with E-state index in [9.17, 15) is 14.4 Å². The van der Waals surface area contributed by atoms with E-state index < -0.39 is 0 Å². The van der Waals surface area contributed by atoms with Gasteiger partial charge in [0.2, 0.25) is 0 Å². The number of para-hydroxylation sites is 1. The first-order valence-corrected chi connectivity index (χ1v) is 14.6. The maximum Gasteiger partial charge on any atom is 0.322 e. The highest BCUT2D eigenvalue weighted by Gasteiger charge is 2.32. The molecule has 2 fully saturated rings. The Hall–Kier alpha value is -4.74. The van der Waals surface area contributed by atoms with Crippen molar-refractivity contribution in [2.75, 3.05) is 75.2 Å². The maximum atomic E-state index is 14.0. The molecule has 2 aliphatic heterocycles. The smallest absolute Gasteiger partial charge is 0.322 e. The molecule has 0 radical (unpaired) electrons. The molecule has 3 heterocycles. The Bertz CT molecular complexity index is 1490. The second kappa shape index (κ2) is 13.5. The van der Waals surface area contributed by atoms with Gasteiger partial charge in [-0.25, -0.2) is 4.79 Å². The fourth-order valence-corrected chi connectivity index (χ4v) is 5.60. The topological polar surface area (TPSA) is 118 Å². The molecule has 228 valence electrons. The number of nitrogens with one attached hydrogen (secondary N) is 1. The van der Waals surface area contributed by atoms with Crippen molar-refractivity contribution in [3.63, 3.8) is 0 Å². The van der Waals surface area contributed by atoms with E-state index in [0.717, 1.165) is 12.8 Å². The molecule has 0 spiro atoms. The summed E-state index contributed by atoms with van der Waals surface area (Å²) in [7, 11) is 3.11. The molecule has 2 amide bonds. The molecule has 43 heavy (non-hydrogen) atoms. The number of amides is 2. The number of rotatable bonds is 8. The van der Waals surface area contributed by atoms with Crippen LogP contribution in [0.4, 0.5) is 21.9 Å². The van der Waals surface area contributed by atoms with E-state index in [0.29, 0.717) is 80.1 Å². The second-order valence-corrected chi connectivity index (χ2v) is 10.4. The lowest BCUT2D eigenvalue weighted by atomic mass is 9.97. The van der Waals surface area contributed by atoms with Gasteiger partial charge in [-0.05, 0) is 44.0 Å². The summed E-state index contributed by atoms with van der Waals surface area (Å²) >= 11 is 0. The van der Waals surface area contributed by atoms with Crippen LogP contribution in [0.15, 0.2) is 59.5 Å². The molecule has 0 bridgehead atoms. The minimum absolute atomic E-state index is 0.237. The molecule has 1 atom stereocenters. The first-order valence-electron chi connectivity index (χ1n) is 14.6. The second-order valence-electron chi connectivity index (χ2n) is 10.4. The third kappa shape index (κ3) is 6.52. The van der Waals surface area contributed by atoms with E-state index in [-0.39, 0.29) is 23.5 Å². The number of piperazine rings is 1. The Kier molecular flexibility index (Phi) is 9.33. The van der Waals surface area contributed by atoms with Gasteiger partial charge < -0.3 is 34.2 Å². The number of urea groups is 1. The van der Waals surface area contributed by atoms with Gasteiger partial charge in [-0.3, -0.25) is 9.59 Å². The monoisotopic (exact) mass is 590 g/mol. The lowest BCUT2D eigenvalue weighted by molar-refractivity contribution is -0.148. The van der Waals surface area contributed by atoms with E-state index >= 15 is 0 Å². The number of piperidine rings is 1. The quantitative estimate of drug-likeness (QED) is 0.394. The maximum absolute atomic E-state index is 14.0. The number of hydrogen-bond donors (Lipinski definition) is 1. The molecule has 2 saturated heterocycles. The largest absolute Gasteiger partial charge is 0.497 e. The number of nitrogens with zero attached hydrogens (tertiary/aromatic N) is 5. The average molecular weight is 591 g/mol. The van der Waals surface area contributed by atoms with Crippen LogP contribution in [0.25, 0.3) is 5.69 Å². The summed E-state index contributed by atoms with van der Waals surface area (Å²) in [5, 5.41) is 7.46. The number of methoxy groups -OCH3 is 2. The number of benzene rings is 2. The SMILES string of the molecule is CCOC(=O)C1CCCN(c2c(N3CCN(C(=O)Nc4ccc(OC)cc4OC)CC3)cnn(-c3ccccc3)c2=O)C1. The van der Waals surface area contributed by atoms with Crippen LogP contribution in [0.5, 0.6) is 11.5 Å². The van der Waals surface area contributed by atoms with Crippen LogP contribution in [0.2, 0.25) is 0 Å². The van der Waals surface area contributed by atoms with E-state index in [4.69, 9.17) is 14.2 Å². The van der Waals surface area contributed by atoms with Crippen molar-refractivity contribution in [1.82, 2.24) is 14.7 Å². The number of ether oxygens (including phenoxy) is 3. The molecule has 0 aliphatic carbocycles. The first kappa shape index (κ1) is 29.7. The van der Waals surface area contributed by atoms with Crippen molar-refractivity contribution in [2.45, 2.75) is 19.8 Å². The highest BCUT2D eigenvalue weighted by Crippen LogP contribution is 2.32. The summed E-state index contributed by atoms with van der Waals surface area (Å²) in [6, 6.07) is 14.3. The first-order chi connectivity index (χ1) is 20.9. The molecule has 12 heteroatoms. The van der Waals surface area contributed by atoms with Gasteiger partial charge in [0.25, 0.3) is 5.56 Å². The van der Waals surface area contributed by atoms with Crippen molar-refractivity contribution < 1.29 is 23.8 Å². The highest BCUT2D eigenvalue weighted by atomic mass is 16.5. The average Bonchev–Trinajstić information content (AvgIpc) is 3.05. The van der Waals surface area contributed by atoms with Crippen LogP contribution in [-0.4, -0.2) is 86.8 Å². The highest BCUT2D eigenvalue weighted by molar-refractivity contribution is 5.91. The zero-order valence-corrected chi connectivity index (χ0v) is 24.8. The summed E-state index contributed by atoms with van der Waals surface area (Å²) in [6.45, 7) is 5.05. The van der Waals surface area contributed by atoms with Gasteiger partial charge in [0.1, 0.15) is 17.2 Å². The fourth-order valence-electron chi connectivity index (χ4n) is 5.60. The number of carbonyl (C=O) groups excluding carboxylic acids is 2. The van der Waals surface area contributed by atoms with Crippen LogP contribution in [0, 0.1) is 5.92 Å². The molecule has 0 saturated carbocycles. The number of anilines is 3. The molecular weight excluding hydrogens is 552 g/mol. The number of carbonyl (C=O) groups is 2. The molecular formula is C31H38N6O6. The zero-order chi connectivity index (χ0) is 30.3. The van der Waals surface area contributed by atoms with Crippen molar-refractivity contribution in [1.29, 1.82) is 0 Å². The Morgan fingerprint density at radius 2 is 1.74 bits per heavy atom. The van der Waals surface area contributed by atoms with Gasteiger partial charge in [-0.2, -0.15) is 9.78 Å². The third-order valence-corrected chi connectivity index (χ3v) is 7.85. The van der Waals surface area contributed by atoms with Gasteiger partial charge in [-0.1, -0.05) is 18.2 Å². The number of hydrogen-bond acceptors (Lipinski definition) is 9. The molecule has 1 N–H and O–H groups in total. The van der Waals surface area contributed by atoms with Gasteiger partial charge in [0, 0.05) is 45.3 Å². The molecule has 2 aliphatic rings. The van der Waals surface area contributed by atoms with Crippen LogP contribution in [0.1, 0.15) is 19.8 Å². The van der Waals surface area contributed by atoms with Crippen molar-refractivity contribution in [3.05, 3.63) is 65.1 Å². The minimum Gasteiger partial charge on any atom is -0.497 e. The van der Waals surface area contributed by atoms with Gasteiger partial charge in [-0.15, -0.1) is 0 Å².